The molecule has 0 unspecified atom stereocenters. The van der Waals surface area contributed by atoms with E-state index < -0.39 is 12.1 Å². The van der Waals surface area contributed by atoms with Crippen LogP contribution in [-0.2, 0) is 9.47 Å². The van der Waals surface area contributed by atoms with Crippen molar-refractivity contribution in [3.8, 4) is 5.75 Å². The Morgan fingerprint density at radius 3 is 2.04 bits per heavy atom. The van der Waals surface area contributed by atoms with Crippen molar-refractivity contribution >= 4 is 11.7 Å². The number of nitrogens with zero attached hydrogens (tertiary/aromatic N) is 1. The number of amides is 1. The number of methoxy groups -OCH3 is 2. The van der Waals surface area contributed by atoms with E-state index >= 15 is 0 Å². The molecule has 0 saturated heterocycles. The lowest BCUT2D eigenvalue weighted by Gasteiger charge is -2.23. The molecule has 0 spiro atoms. The fraction of sp³-hybridized carbons (Fsp3) is 0.263. The number of para-hydroxylation sites is 1. The zero-order chi connectivity index (χ0) is 18.4. The van der Waals surface area contributed by atoms with E-state index in [-0.39, 0.29) is 34.9 Å². The molecule has 1 amide bonds. The monoisotopic (exact) mass is 343 g/mol. The maximum atomic E-state index is 12.8. The highest BCUT2D eigenvalue weighted by molar-refractivity contribution is 6.16. The van der Waals surface area contributed by atoms with Gasteiger partial charge in [-0.25, -0.2) is 0 Å². The first kappa shape index (κ1) is 18.6. The summed E-state index contributed by atoms with van der Waals surface area (Å²) in [5.74, 6) is -0.870. The number of phenols is 1. The highest BCUT2D eigenvalue weighted by Crippen LogP contribution is 2.22. The molecule has 0 aliphatic rings. The van der Waals surface area contributed by atoms with Crippen molar-refractivity contribution in [1.29, 1.82) is 0 Å². The van der Waals surface area contributed by atoms with E-state index in [1.807, 2.05) is 0 Å². The van der Waals surface area contributed by atoms with Gasteiger partial charge in [-0.05, 0) is 18.2 Å². The first-order valence-electron chi connectivity index (χ1n) is 7.72. The molecule has 0 radical (unpaired) electrons. The van der Waals surface area contributed by atoms with E-state index in [2.05, 4.69) is 0 Å². The first-order valence-corrected chi connectivity index (χ1v) is 7.72. The molecule has 0 aliphatic heterocycles. The predicted octanol–water partition coefficient (Wildman–Crippen LogP) is 2.31. The Labute approximate surface area is 146 Å². The van der Waals surface area contributed by atoms with Gasteiger partial charge in [0.25, 0.3) is 5.91 Å². The third kappa shape index (κ3) is 4.23. The molecule has 1 N–H and O–H groups in total. The molecule has 25 heavy (non-hydrogen) atoms. The number of carbonyl (C=O) groups excluding carboxylic acids is 2. The predicted molar refractivity (Wildman–Crippen MR) is 92.7 cm³/mol. The van der Waals surface area contributed by atoms with Gasteiger partial charge in [-0.2, -0.15) is 0 Å². The van der Waals surface area contributed by atoms with E-state index in [1.54, 1.807) is 43.4 Å². The molecule has 0 fully saturated rings. The van der Waals surface area contributed by atoms with Crippen LogP contribution in [0.3, 0.4) is 0 Å². The van der Waals surface area contributed by atoms with Crippen molar-refractivity contribution in [3.63, 3.8) is 0 Å². The SMILES string of the molecule is COC(CN(C)C(=O)c1ccccc1C(=O)c1ccccc1O)OC. The minimum atomic E-state index is -0.560. The molecule has 0 saturated carbocycles. The molecule has 0 bridgehead atoms. The van der Waals surface area contributed by atoms with Crippen molar-refractivity contribution in [3.05, 3.63) is 65.2 Å². The van der Waals surface area contributed by atoms with Gasteiger partial charge in [0.1, 0.15) is 5.75 Å². The third-order valence-electron chi connectivity index (χ3n) is 3.85. The van der Waals surface area contributed by atoms with E-state index in [0.29, 0.717) is 0 Å². The topological polar surface area (TPSA) is 76.1 Å². The normalized spacial score (nSPS) is 10.7. The third-order valence-corrected chi connectivity index (χ3v) is 3.85. The van der Waals surface area contributed by atoms with Gasteiger partial charge >= 0.3 is 0 Å². The lowest BCUT2D eigenvalue weighted by molar-refractivity contribution is -0.110. The van der Waals surface area contributed by atoms with Gasteiger partial charge in [0.15, 0.2) is 12.1 Å². The number of hydrogen-bond acceptors (Lipinski definition) is 5. The van der Waals surface area contributed by atoms with Crippen LogP contribution in [0.1, 0.15) is 26.3 Å². The fourth-order valence-corrected chi connectivity index (χ4v) is 2.44. The Hall–Kier alpha value is -2.70. The summed E-state index contributed by atoms with van der Waals surface area (Å²) in [5.41, 5.74) is 0.633. The smallest absolute Gasteiger partial charge is 0.254 e. The quantitative estimate of drug-likeness (QED) is 0.617. The number of phenolic OH excluding ortho intramolecular Hbond substituents is 1. The number of benzene rings is 2. The standard InChI is InChI=1S/C19H21NO5/c1-20(12-17(24-2)25-3)19(23)14-9-5-4-8-13(14)18(22)15-10-6-7-11-16(15)21/h4-11,17,21H,12H2,1-3H3. The van der Waals surface area contributed by atoms with Crippen LogP contribution in [0.25, 0.3) is 0 Å². The highest BCUT2D eigenvalue weighted by atomic mass is 16.7. The van der Waals surface area contributed by atoms with Crippen molar-refractivity contribution in [2.75, 3.05) is 27.8 Å². The number of hydrogen-bond donors (Lipinski definition) is 1. The van der Waals surface area contributed by atoms with E-state index in [0.717, 1.165) is 0 Å². The Morgan fingerprint density at radius 1 is 0.960 bits per heavy atom. The second-order valence-electron chi connectivity index (χ2n) is 5.48. The largest absolute Gasteiger partial charge is 0.507 e. The van der Waals surface area contributed by atoms with Crippen LogP contribution in [0.15, 0.2) is 48.5 Å². The van der Waals surface area contributed by atoms with Gasteiger partial charge in [-0.15, -0.1) is 0 Å². The van der Waals surface area contributed by atoms with Crippen LogP contribution in [0.4, 0.5) is 0 Å². The number of ether oxygens (including phenoxy) is 2. The summed E-state index contributed by atoms with van der Waals surface area (Å²) in [6.07, 6.45) is -0.560. The number of ketones is 1. The van der Waals surface area contributed by atoms with E-state index in [1.165, 1.54) is 31.3 Å². The number of aromatic hydroxyl groups is 1. The summed E-state index contributed by atoms with van der Waals surface area (Å²) in [6, 6.07) is 12.8. The van der Waals surface area contributed by atoms with Crippen molar-refractivity contribution in [2.45, 2.75) is 6.29 Å². The molecule has 132 valence electrons. The molecular weight excluding hydrogens is 322 g/mol. The van der Waals surface area contributed by atoms with Crippen LogP contribution >= 0.6 is 0 Å². The Bertz CT molecular complexity index is 755. The first-order chi connectivity index (χ1) is 12.0. The summed E-state index contributed by atoms with van der Waals surface area (Å²) < 4.78 is 10.2. The maximum Gasteiger partial charge on any atom is 0.254 e. The molecule has 2 rings (SSSR count). The summed E-state index contributed by atoms with van der Waals surface area (Å²) in [5, 5.41) is 9.91. The van der Waals surface area contributed by atoms with Crippen LogP contribution in [0.2, 0.25) is 0 Å². The molecule has 0 heterocycles. The molecular formula is C19H21NO5. The molecule has 6 nitrogen and oxygen atoms in total. The molecule has 0 aliphatic carbocycles. The Kier molecular flexibility index (Phi) is 6.27. The second kappa shape index (κ2) is 8.41. The lowest BCUT2D eigenvalue weighted by Crippen LogP contribution is -2.36. The van der Waals surface area contributed by atoms with Crippen LogP contribution in [0.5, 0.6) is 5.75 Å². The molecule has 2 aromatic carbocycles. The Balaban J connectivity index is 2.33. The summed E-state index contributed by atoms with van der Waals surface area (Å²) in [7, 11) is 4.58. The number of carbonyl (C=O) groups is 2. The maximum absolute atomic E-state index is 12.8. The minimum Gasteiger partial charge on any atom is -0.507 e. The van der Waals surface area contributed by atoms with Gasteiger partial charge < -0.3 is 19.5 Å². The van der Waals surface area contributed by atoms with Gasteiger partial charge in [0.2, 0.25) is 0 Å². The van der Waals surface area contributed by atoms with Crippen LogP contribution < -0.4 is 0 Å². The van der Waals surface area contributed by atoms with Crippen molar-refractivity contribution < 1.29 is 24.2 Å². The van der Waals surface area contributed by atoms with Gasteiger partial charge in [-0.3, -0.25) is 9.59 Å². The zero-order valence-corrected chi connectivity index (χ0v) is 14.4. The molecule has 0 atom stereocenters. The Morgan fingerprint density at radius 2 is 1.48 bits per heavy atom. The fourth-order valence-electron chi connectivity index (χ4n) is 2.44. The van der Waals surface area contributed by atoms with Gasteiger partial charge in [0.05, 0.1) is 17.7 Å². The highest BCUT2D eigenvalue weighted by Gasteiger charge is 2.23. The number of likely N-dealkylation sites (N-methyl/N-ethyl adjacent to an activating group) is 1. The number of rotatable bonds is 7. The second-order valence-corrected chi connectivity index (χ2v) is 5.48. The molecule has 6 heteroatoms. The van der Waals surface area contributed by atoms with Crippen LogP contribution in [0, 0.1) is 0 Å². The van der Waals surface area contributed by atoms with Crippen molar-refractivity contribution in [2.24, 2.45) is 0 Å². The van der Waals surface area contributed by atoms with Crippen LogP contribution in [-0.4, -0.2) is 55.8 Å². The van der Waals surface area contributed by atoms with E-state index in [4.69, 9.17) is 9.47 Å². The lowest BCUT2D eigenvalue weighted by atomic mass is 9.97. The summed E-state index contributed by atoms with van der Waals surface area (Å²) in [6.45, 7) is 0.213. The minimum absolute atomic E-state index is 0.123. The van der Waals surface area contributed by atoms with Crippen molar-refractivity contribution in [1.82, 2.24) is 4.90 Å². The van der Waals surface area contributed by atoms with Gasteiger partial charge in [0, 0.05) is 26.8 Å². The van der Waals surface area contributed by atoms with E-state index in [9.17, 15) is 14.7 Å². The average molecular weight is 343 g/mol. The molecule has 0 aromatic heterocycles. The summed E-state index contributed by atoms with van der Waals surface area (Å²) in [4.78, 5) is 26.9. The zero-order valence-electron chi connectivity index (χ0n) is 14.4. The average Bonchev–Trinajstić information content (AvgIpc) is 2.65. The van der Waals surface area contributed by atoms with Gasteiger partial charge in [-0.1, -0.05) is 30.3 Å². The summed E-state index contributed by atoms with van der Waals surface area (Å²) >= 11 is 0. The molecule has 2 aromatic rings.